The molecule has 4 aromatic rings. The largest absolute Gasteiger partial charge is 0.449 e. The number of nitrogens with one attached hydrogen (secondary N) is 3. The topological polar surface area (TPSA) is 142 Å². The molecule has 2 aromatic carbocycles. The van der Waals surface area contributed by atoms with E-state index in [9.17, 15) is 14.4 Å². The SMILES string of the molecule is CCCCCCOC(=O)NC(=N)c1ccc(NCc2nc3cc(C(=O)N(CCC(C)=O)c4ccccn4)ccc3n2C)cc1. The third kappa shape index (κ3) is 8.50. The third-order valence-electron chi connectivity index (χ3n) is 7.16. The molecule has 0 unspecified atom stereocenters. The van der Waals surface area contributed by atoms with Crippen molar-refractivity contribution in [2.75, 3.05) is 23.4 Å². The standard InChI is InChI=1S/C33H39N7O4/c1-4-5-6-9-20-44-33(43)38-31(34)24-11-14-26(15-12-24)36-22-30-37-27-21-25(13-16-28(27)39(30)3)32(42)40(19-17-23(2)41)29-10-7-8-18-35-29/h7-8,10-16,18,21,36H,4-6,9,17,19-20,22H2,1-3H3,(H2,34,38,43). The summed E-state index contributed by atoms with van der Waals surface area (Å²) in [6.45, 7) is 4.62. The molecule has 0 atom stereocenters. The minimum absolute atomic E-state index is 0.00572. The molecule has 0 saturated heterocycles. The van der Waals surface area contributed by atoms with Gasteiger partial charge in [-0.15, -0.1) is 0 Å². The monoisotopic (exact) mass is 597 g/mol. The van der Waals surface area contributed by atoms with Crippen LogP contribution in [0, 0.1) is 5.41 Å². The van der Waals surface area contributed by atoms with Crippen LogP contribution >= 0.6 is 0 Å². The molecule has 0 spiro atoms. The molecular formula is C33H39N7O4. The number of aromatic nitrogens is 3. The predicted octanol–water partition coefficient (Wildman–Crippen LogP) is 5.84. The van der Waals surface area contributed by atoms with Crippen LogP contribution in [0.2, 0.25) is 0 Å². The Balaban J connectivity index is 1.38. The molecule has 0 saturated carbocycles. The highest BCUT2D eigenvalue weighted by molar-refractivity contribution is 6.07. The molecule has 44 heavy (non-hydrogen) atoms. The van der Waals surface area contributed by atoms with Gasteiger partial charge in [0.05, 0.1) is 24.2 Å². The number of imidazole rings is 1. The number of nitrogens with zero attached hydrogens (tertiary/aromatic N) is 4. The van der Waals surface area contributed by atoms with E-state index in [0.29, 0.717) is 35.6 Å². The number of carbonyl (C=O) groups is 3. The van der Waals surface area contributed by atoms with E-state index in [2.05, 4.69) is 22.5 Å². The number of aryl methyl sites for hydroxylation is 1. The van der Waals surface area contributed by atoms with Crippen molar-refractivity contribution < 1.29 is 19.1 Å². The summed E-state index contributed by atoms with van der Waals surface area (Å²) >= 11 is 0. The summed E-state index contributed by atoms with van der Waals surface area (Å²) in [5, 5.41) is 14.0. The van der Waals surface area contributed by atoms with Crippen LogP contribution in [-0.2, 0) is 23.1 Å². The number of benzene rings is 2. The maximum Gasteiger partial charge on any atom is 0.412 e. The first-order valence-electron chi connectivity index (χ1n) is 14.8. The van der Waals surface area contributed by atoms with Gasteiger partial charge in [-0.25, -0.2) is 14.8 Å². The lowest BCUT2D eigenvalue weighted by molar-refractivity contribution is -0.116. The van der Waals surface area contributed by atoms with Gasteiger partial charge < -0.3 is 14.6 Å². The Morgan fingerprint density at radius 1 is 1.00 bits per heavy atom. The number of anilines is 2. The first-order valence-corrected chi connectivity index (χ1v) is 14.8. The Labute approximate surface area is 257 Å². The molecule has 0 radical (unpaired) electrons. The van der Waals surface area contributed by atoms with Gasteiger partial charge in [0.2, 0.25) is 0 Å². The lowest BCUT2D eigenvalue weighted by Crippen LogP contribution is -2.33. The fourth-order valence-corrected chi connectivity index (χ4v) is 4.64. The molecule has 11 heteroatoms. The number of hydrogen-bond acceptors (Lipinski definition) is 8. The van der Waals surface area contributed by atoms with Gasteiger partial charge in [0.1, 0.15) is 23.3 Å². The minimum Gasteiger partial charge on any atom is -0.449 e. The number of amides is 2. The van der Waals surface area contributed by atoms with E-state index in [-0.39, 0.29) is 30.5 Å². The van der Waals surface area contributed by atoms with Crippen LogP contribution in [0.4, 0.5) is 16.3 Å². The number of ketones is 1. The quantitative estimate of drug-likeness (QED) is 0.0942. The molecule has 0 aliphatic heterocycles. The number of ether oxygens (including phenoxy) is 1. The first-order chi connectivity index (χ1) is 21.3. The number of hydrogen-bond donors (Lipinski definition) is 3. The molecule has 3 N–H and O–H groups in total. The van der Waals surface area contributed by atoms with Gasteiger partial charge in [0.25, 0.3) is 5.91 Å². The van der Waals surface area contributed by atoms with Crippen LogP contribution < -0.4 is 15.5 Å². The summed E-state index contributed by atoms with van der Waals surface area (Å²) < 4.78 is 7.11. The number of unbranched alkanes of at least 4 members (excludes halogenated alkanes) is 3. The summed E-state index contributed by atoms with van der Waals surface area (Å²) in [6, 6.07) is 17.9. The van der Waals surface area contributed by atoms with Crippen molar-refractivity contribution in [1.82, 2.24) is 19.9 Å². The molecule has 11 nitrogen and oxygen atoms in total. The number of pyridine rings is 1. The lowest BCUT2D eigenvalue weighted by atomic mass is 10.1. The van der Waals surface area contributed by atoms with Crippen LogP contribution in [0.3, 0.4) is 0 Å². The summed E-state index contributed by atoms with van der Waals surface area (Å²) in [7, 11) is 1.92. The van der Waals surface area contributed by atoms with Crippen LogP contribution in [-0.4, -0.2) is 51.3 Å². The van der Waals surface area contributed by atoms with Gasteiger partial charge in [-0.05, 0) is 67.9 Å². The van der Waals surface area contributed by atoms with E-state index in [1.54, 1.807) is 48.7 Å². The number of rotatable bonds is 14. The van der Waals surface area contributed by atoms with Crippen LogP contribution in [0.1, 0.15) is 67.7 Å². The number of fused-ring (bicyclic) bond motifs is 1. The zero-order chi connectivity index (χ0) is 31.5. The molecule has 230 valence electrons. The first kappa shape index (κ1) is 31.9. The van der Waals surface area contributed by atoms with Gasteiger partial charge in [-0.2, -0.15) is 0 Å². The maximum absolute atomic E-state index is 13.5. The molecule has 4 rings (SSSR count). The van der Waals surface area contributed by atoms with E-state index >= 15 is 0 Å². The number of carbonyl (C=O) groups excluding carboxylic acids is 3. The fraction of sp³-hybridized carbons (Fsp3) is 0.333. The van der Waals surface area contributed by atoms with Crippen molar-refractivity contribution in [3.05, 3.63) is 83.8 Å². The average molecular weight is 598 g/mol. The molecule has 0 fully saturated rings. The van der Waals surface area contributed by atoms with Crippen molar-refractivity contribution in [2.45, 2.75) is 52.5 Å². The Kier molecular flexibility index (Phi) is 11.2. The maximum atomic E-state index is 13.5. The van der Waals surface area contributed by atoms with Gasteiger partial charge in [-0.3, -0.25) is 25.2 Å². The van der Waals surface area contributed by atoms with Crippen molar-refractivity contribution in [2.24, 2.45) is 7.05 Å². The Morgan fingerprint density at radius 2 is 1.77 bits per heavy atom. The molecule has 0 aliphatic carbocycles. The molecule has 2 aromatic heterocycles. The Morgan fingerprint density at radius 3 is 2.48 bits per heavy atom. The van der Waals surface area contributed by atoms with Crippen molar-refractivity contribution in [3.8, 4) is 0 Å². The zero-order valence-electron chi connectivity index (χ0n) is 25.4. The molecule has 0 aliphatic rings. The summed E-state index contributed by atoms with van der Waals surface area (Å²) in [4.78, 5) is 47.7. The average Bonchev–Trinajstić information content (AvgIpc) is 3.34. The van der Waals surface area contributed by atoms with Crippen molar-refractivity contribution in [1.29, 1.82) is 5.41 Å². The highest BCUT2D eigenvalue weighted by Crippen LogP contribution is 2.21. The highest BCUT2D eigenvalue weighted by atomic mass is 16.5. The summed E-state index contributed by atoms with van der Waals surface area (Å²) in [5.41, 5.74) is 3.38. The normalized spacial score (nSPS) is 10.8. The fourth-order valence-electron chi connectivity index (χ4n) is 4.64. The Hall–Kier alpha value is -5.06. The van der Waals surface area contributed by atoms with Gasteiger partial charge in [0, 0.05) is 43.0 Å². The number of Topliss-reactive ketones (excluding diaryl/α,β-unsaturated/α-hetero) is 1. The second kappa shape index (κ2) is 15.4. The third-order valence-corrected chi connectivity index (χ3v) is 7.16. The smallest absolute Gasteiger partial charge is 0.412 e. The van der Waals surface area contributed by atoms with Crippen molar-refractivity contribution in [3.63, 3.8) is 0 Å². The van der Waals surface area contributed by atoms with E-state index in [1.165, 1.54) is 11.8 Å². The summed E-state index contributed by atoms with van der Waals surface area (Å²) in [5.74, 6) is 0.965. The zero-order valence-corrected chi connectivity index (χ0v) is 25.4. The van der Waals surface area contributed by atoms with E-state index in [4.69, 9.17) is 15.1 Å². The molecular weight excluding hydrogens is 558 g/mol. The van der Waals surface area contributed by atoms with Gasteiger partial charge >= 0.3 is 6.09 Å². The van der Waals surface area contributed by atoms with Gasteiger partial charge in [0.15, 0.2) is 0 Å². The van der Waals surface area contributed by atoms with E-state index < -0.39 is 6.09 Å². The predicted molar refractivity (Wildman–Crippen MR) is 171 cm³/mol. The number of amidine groups is 1. The molecule has 2 amide bonds. The molecule has 0 bridgehead atoms. The van der Waals surface area contributed by atoms with Crippen LogP contribution in [0.5, 0.6) is 0 Å². The summed E-state index contributed by atoms with van der Waals surface area (Å²) in [6.07, 6.45) is 5.27. The van der Waals surface area contributed by atoms with Crippen LogP contribution in [0.15, 0.2) is 66.9 Å². The highest BCUT2D eigenvalue weighted by Gasteiger charge is 2.20. The second-order valence-corrected chi connectivity index (χ2v) is 10.5. The lowest BCUT2D eigenvalue weighted by Gasteiger charge is -2.21. The Bertz CT molecular complexity index is 1600. The van der Waals surface area contributed by atoms with E-state index in [0.717, 1.165) is 42.7 Å². The minimum atomic E-state index is -0.624. The molecule has 2 heterocycles. The van der Waals surface area contributed by atoms with Crippen LogP contribution in [0.25, 0.3) is 11.0 Å². The van der Waals surface area contributed by atoms with Gasteiger partial charge in [-0.1, -0.05) is 32.3 Å². The number of alkyl carbamates (subject to hydrolysis) is 1. The second-order valence-electron chi connectivity index (χ2n) is 10.5. The van der Waals surface area contributed by atoms with E-state index in [1.807, 2.05) is 29.8 Å². The van der Waals surface area contributed by atoms with Crippen molar-refractivity contribution >= 4 is 46.2 Å².